The van der Waals surface area contributed by atoms with E-state index in [2.05, 4.69) is 6.58 Å². The Morgan fingerprint density at radius 3 is 1.43 bits per heavy atom. The van der Waals surface area contributed by atoms with Crippen molar-refractivity contribution >= 4 is 48.7 Å². The minimum absolute atomic E-state index is 0.444. The van der Waals surface area contributed by atoms with Crippen molar-refractivity contribution in [3.8, 4) is 11.5 Å². The maximum Gasteiger partial charge on any atom is 0.413 e. The lowest BCUT2D eigenvalue weighted by atomic mass is 10.2. The van der Waals surface area contributed by atoms with E-state index in [1.165, 1.54) is 0 Å². The Morgan fingerprint density at radius 2 is 1.08 bits per heavy atom. The van der Waals surface area contributed by atoms with Crippen LogP contribution in [0.5, 0.6) is 11.5 Å². The summed E-state index contributed by atoms with van der Waals surface area (Å²) in [5.74, 6) is 0.889. The number of hydrogen-bond acceptors (Lipinski definition) is 5. The first kappa shape index (κ1) is 26.5. The summed E-state index contributed by atoms with van der Waals surface area (Å²) >= 11 is 6.11. The van der Waals surface area contributed by atoms with Crippen LogP contribution in [0.1, 0.15) is 20.7 Å². The van der Waals surface area contributed by atoms with E-state index in [9.17, 15) is 9.59 Å². The molecular formula is C29H25NO4P2S. The number of rotatable bonds is 11. The highest BCUT2D eigenvalue weighted by Crippen LogP contribution is 2.61. The fraction of sp³-hybridized carbons (Fsp3) is 0.0345. The van der Waals surface area contributed by atoms with Gasteiger partial charge in [0.15, 0.2) is 0 Å². The first-order chi connectivity index (χ1) is 18.0. The largest absolute Gasteiger partial charge is 0.419 e. The molecular weight excluding hydrogens is 520 g/mol. The Bertz CT molecular complexity index is 1370. The van der Waals surface area contributed by atoms with Crippen LogP contribution in [0.4, 0.5) is 0 Å². The molecule has 4 aromatic rings. The van der Waals surface area contributed by atoms with Crippen molar-refractivity contribution in [3.63, 3.8) is 0 Å². The molecule has 0 unspecified atom stereocenters. The normalized spacial score (nSPS) is 11.2. The van der Waals surface area contributed by atoms with E-state index >= 15 is 0 Å². The second-order valence-corrected chi connectivity index (χ2v) is 14.4. The maximum atomic E-state index is 11.1. The third-order valence-corrected chi connectivity index (χ3v) is 12.7. The lowest BCUT2D eigenvalue weighted by Crippen LogP contribution is -2.19. The molecule has 0 saturated carbocycles. The topological polar surface area (TPSA) is 65.0 Å². The summed E-state index contributed by atoms with van der Waals surface area (Å²) in [4.78, 5) is 22.3. The van der Waals surface area contributed by atoms with Crippen molar-refractivity contribution < 1.29 is 18.6 Å². The van der Waals surface area contributed by atoms with Gasteiger partial charge in [0.1, 0.15) is 24.1 Å². The van der Waals surface area contributed by atoms with E-state index in [1.54, 1.807) is 48.5 Å². The summed E-state index contributed by atoms with van der Waals surface area (Å²) in [7, 11) is -2.54. The molecule has 0 spiro atoms. The molecule has 0 N–H and O–H groups in total. The molecule has 5 nitrogen and oxygen atoms in total. The number of aldehydes is 2. The van der Waals surface area contributed by atoms with Crippen LogP contribution in [0.15, 0.2) is 126 Å². The van der Waals surface area contributed by atoms with Crippen molar-refractivity contribution in [2.75, 3.05) is 6.16 Å². The van der Waals surface area contributed by atoms with Gasteiger partial charge < -0.3 is 9.05 Å². The highest BCUT2D eigenvalue weighted by molar-refractivity contribution is 8.11. The molecule has 0 saturated heterocycles. The second kappa shape index (κ2) is 12.1. The monoisotopic (exact) mass is 545 g/mol. The zero-order chi connectivity index (χ0) is 26.1. The van der Waals surface area contributed by atoms with Crippen LogP contribution in [0, 0.1) is 0 Å². The molecule has 0 aromatic heterocycles. The Hall–Kier alpha value is -3.56. The molecule has 186 valence electrons. The van der Waals surface area contributed by atoms with E-state index in [0.29, 0.717) is 28.8 Å². The number of carbonyl (C=O) groups is 2. The van der Waals surface area contributed by atoms with Gasteiger partial charge in [-0.1, -0.05) is 66.7 Å². The Morgan fingerprint density at radius 1 is 0.676 bits per heavy atom. The zero-order valence-corrected chi connectivity index (χ0v) is 22.5. The van der Waals surface area contributed by atoms with E-state index in [1.807, 2.05) is 66.7 Å². The third-order valence-electron chi connectivity index (χ3n) is 5.50. The van der Waals surface area contributed by atoms with Crippen LogP contribution < -0.4 is 19.7 Å². The highest BCUT2D eigenvalue weighted by Gasteiger charge is 2.32. The lowest BCUT2D eigenvalue weighted by molar-refractivity contribution is 0.111. The van der Waals surface area contributed by atoms with E-state index in [4.69, 9.17) is 25.4 Å². The summed E-state index contributed by atoms with van der Waals surface area (Å²) < 4.78 is 18.0. The van der Waals surface area contributed by atoms with Crippen molar-refractivity contribution in [2.24, 2.45) is 4.52 Å². The quantitative estimate of drug-likeness (QED) is 0.115. The van der Waals surface area contributed by atoms with Gasteiger partial charge in [-0.25, -0.2) is 0 Å². The fourth-order valence-corrected chi connectivity index (χ4v) is 11.5. The van der Waals surface area contributed by atoms with Gasteiger partial charge in [0.25, 0.3) is 0 Å². The van der Waals surface area contributed by atoms with Crippen LogP contribution in [-0.2, 0) is 11.8 Å². The van der Waals surface area contributed by atoms with Gasteiger partial charge in [-0.05, 0) is 59.1 Å². The zero-order valence-electron chi connectivity index (χ0n) is 19.9. The average molecular weight is 546 g/mol. The molecule has 0 radical (unpaired) electrons. The first-order valence-electron chi connectivity index (χ1n) is 11.4. The standard InChI is InChI=1S/C29H25NO4P2S/c1-2-21-35(28-9-5-3-6-10-28,29-11-7-4-8-12-29)30-36(37,33-26-17-13-24(22-31)14-18-26)34-27-19-15-25(23-32)16-20-27/h2-20,22-23H,1,21H2. The van der Waals surface area contributed by atoms with Crippen molar-refractivity contribution in [1.29, 1.82) is 0 Å². The molecule has 0 amide bonds. The van der Waals surface area contributed by atoms with Gasteiger partial charge in [-0.2, -0.15) is 4.52 Å². The van der Waals surface area contributed by atoms with E-state index in [-0.39, 0.29) is 0 Å². The molecule has 8 heteroatoms. The van der Waals surface area contributed by atoms with Crippen LogP contribution in [0.25, 0.3) is 0 Å². The number of nitrogens with zero attached hydrogens (tertiary/aromatic N) is 1. The Balaban J connectivity index is 1.94. The van der Waals surface area contributed by atoms with Crippen molar-refractivity contribution in [2.45, 2.75) is 0 Å². The van der Waals surface area contributed by atoms with Gasteiger partial charge in [-0.15, -0.1) is 6.58 Å². The SMILES string of the molecule is C=CCP(=NP(=S)(Oc1ccc(C=O)cc1)Oc1ccc(C=O)cc1)(c1ccccc1)c1ccccc1. The van der Waals surface area contributed by atoms with Gasteiger partial charge in [-0.3, -0.25) is 9.59 Å². The van der Waals surface area contributed by atoms with Gasteiger partial charge >= 0.3 is 6.64 Å². The molecule has 0 heterocycles. The molecule has 37 heavy (non-hydrogen) atoms. The minimum Gasteiger partial charge on any atom is -0.419 e. The fourth-order valence-electron chi connectivity index (χ4n) is 3.76. The Labute approximate surface area is 222 Å². The molecule has 0 fully saturated rings. The number of hydrogen-bond donors (Lipinski definition) is 0. The molecule has 4 rings (SSSR count). The van der Waals surface area contributed by atoms with E-state index in [0.717, 1.165) is 23.2 Å². The van der Waals surface area contributed by atoms with Gasteiger partial charge in [0.2, 0.25) is 0 Å². The highest BCUT2D eigenvalue weighted by atomic mass is 32.5. The number of allylic oxidation sites excluding steroid dienone is 1. The van der Waals surface area contributed by atoms with Gasteiger partial charge in [0, 0.05) is 36.2 Å². The Kier molecular flexibility index (Phi) is 8.68. The maximum absolute atomic E-state index is 11.1. The summed E-state index contributed by atoms with van der Waals surface area (Å²) in [5, 5.41) is 2.05. The number of benzene rings is 4. The van der Waals surface area contributed by atoms with Crippen LogP contribution in [-0.4, -0.2) is 18.7 Å². The number of carbonyl (C=O) groups excluding carboxylic acids is 2. The summed E-state index contributed by atoms with van der Waals surface area (Å²) in [5.41, 5.74) is 1.04. The minimum atomic E-state index is -3.41. The average Bonchev–Trinajstić information content (AvgIpc) is 2.94. The summed E-state index contributed by atoms with van der Waals surface area (Å²) in [6.07, 6.45) is 3.94. The molecule has 0 atom stereocenters. The van der Waals surface area contributed by atoms with Crippen LogP contribution in [0.2, 0.25) is 0 Å². The van der Waals surface area contributed by atoms with Gasteiger partial charge in [0.05, 0.1) is 0 Å². The van der Waals surface area contributed by atoms with Crippen LogP contribution >= 0.6 is 13.7 Å². The smallest absolute Gasteiger partial charge is 0.413 e. The van der Waals surface area contributed by atoms with Crippen molar-refractivity contribution in [3.05, 3.63) is 133 Å². The third kappa shape index (κ3) is 6.42. The predicted molar refractivity (Wildman–Crippen MR) is 156 cm³/mol. The molecule has 4 aromatic carbocycles. The second-order valence-electron chi connectivity index (χ2n) is 8.03. The summed E-state index contributed by atoms with van der Waals surface area (Å²) in [6.45, 7) is 0.622. The van der Waals surface area contributed by atoms with Crippen molar-refractivity contribution in [1.82, 2.24) is 0 Å². The molecule has 0 aliphatic rings. The molecule has 0 aliphatic carbocycles. The predicted octanol–water partition coefficient (Wildman–Crippen LogP) is 7.03. The summed E-state index contributed by atoms with van der Waals surface area (Å²) in [6, 6.07) is 33.4. The lowest BCUT2D eigenvalue weighted by Gasteiger charge is -2.29. The molecule has 0 aliphatic heterocycles. The van der Waals surface area contributed by atoms with Crippen LogP contribution in [0.3, 0.4) is 0 Å². The first-order valence-corrected chi connectivity index (χ1v) is 16.0. The van der Waals surface area contributed by atoms with E-state index < -0.39 is 13.7 Å². The molecule has 0 bridgehead atoms.